The largest absolute Gasteiger partial charge is 0.493 e. The molecule has 0 aliphatic carbocycles. The van der Waals surface area contributed by atoms with Crippen molar-refractivity contribution in [2.45, 2.75) is 43.3 Å². The number of alkyl halides is 1. The van der Waals surface area contributed by atoms with Gasteiger partial charge in [-0.2, -0.15) is 0 Å². The minimum absolute atomic E-state index is 0.0951. The van der Waals surface area contributed by atoms with Crippen molar-refractivity contribution in [3.05, 3.63) is 47.5 Å². The number of sulfone groups is 1. The first-order valence-corrected chi connectivity index (χ1v) is 15.1. The molecule has 8 nitrogen and oxygen atoms in total. The van der Waals surface area contributed by atoms with E-state index >= 15 is 0 Å². The molecule has 0 amide bonds. The molecule has 0 aromatic heterocycles. The van der Waals surface area contributed by atoms with Crippen LogP contribution in [-0.4, -0.2) is 54.5 Å². The van der Waals surface area contributed by atoms with Gasteiger partial charge in [0.25, 0.3) is 0 Å². The van der Waals surface area contributed by atoms with Crippen LogP contribution in [0.5, 0.6) is 28.7 Å². The number of hydrogen-bond donors (Lipinski definition) is 0. The number of allylic oxidation sites excluding steroid dienone is 1. The Balaban J connectivity index is 1.97. The van der Waals surface area contributed by atoms with E-state index in [0.717, 1.165) is 24.0 Å². The third-order valence-corrected chi connectivity index (χ3v) is 7.41. The second-order valence-electron chi connectivity index (χ2n) is 8.55. The maximum Gasteiger partial charge on any atom is 0.203 e. The van der Waals surface area contributed by atoms with E-state index in [9.17, 15) is 8.42 Å². The summed E-state index contributed by atoms with van der Waals surface area (Å²) in [7, 11) is 1.11. The van der Waals surface area contributed by atoms with Gasteiger partial charge < -0.3 is 28.4 Å². The van der Waals surface area contributed by atoms with E-state index in [-0.39, 0.29) is 29.5 Å². The van der Waals surface area contributed by atoms with Crippen LogP contribution in [0.1, 0.15) is 49.5 Å². The van der Waals surface area contributed by atoms with Gasteiger partial charge >= 0.3 is 0 Å². The molecule has 0 radical (unpaired) electrons. The number of methoxy groups -OCH3 is 3. The molecule has 2 aromatic rings. The van der Waals surface area contributed by atoms with Gasteiger partial charge in [-0.1, -0.05) is 35.0 Å². The molecule has 1 aliphatic heterocycles. The Morgan fingerprint density at radius 2 is 1.49 bits per heavy atom. The van der Waals surface area contributed by atoms with E-state index in [2.05, 4.69) is 15.9 Å². The van der Waals surface area contributed by atoms with Crippen LogP contribution in [0.4, 0.5) is 0 Å². The van der Waals surface area contributed by atoms with Gasteiger partial charge in [0.15, 0.2) is 32.8 Å². The van der Waals surface area contributed by atoms with Crippen molar-refractivity contribution in [1.29, 1.82) is 0 Å². The van der Waals surface area contributed by atoms with E-state index < -0.39 is 9.84 Å². The van der Waals surface area contributed by atoms with Gasteiger partial charge in [0.1, 0.15) is 11.5 Å². The van der Waals surface area contributed by atoms with Crippen molar-refractivity contribution in [2.75, 3.05) is 46.1 Å². The fraction of sp³-hybridized carbons (Fsp3) is 0.481. The van der Waals surface area contributed by atoms with Crippen molar-refractivity contribution in [2.24, 2.45) is 0 Å². The van der Waals surface area contributed by atoms with E-state index in [1.165, 1.54) is 6.26 Å². The van der Waals surface area contributed by atoms with E-state index in [1.54, 1.807) is 27.4 Å². The molecule has 1 heterocycles. The number of halogens is 1. The first-order chi connectivity index (χ1) is 17.8. The molecule has 37 heavy (non-hydrogen) atoms. The lowest BCUT2D eigenvalue weighted by atomic mass is 10.0. The highest BCUT2D eigenvalue weighted by atomic mass is 79.9. The molecule has 1 saturated heterocycles. The zero-order chi connectivity index (χ0) is 27.0. The Hall–Kier alpha value is -2.43. The summed E-state index contributed by atoms with van der Waals surface area (Å²) in [6.07, 6.45) is 6.54. The molecule has 10 heteroatoms. The molecule has 1 fully saturated rings. The smallest absolute Gasteiger partial charge is 0.203 e. The van der Waals surface area contributed by atoms with Crippen LogP contribution in [0.3, 0.4) is 0 Å². The van der Waals surface area contributed by atoms with Gasteiger partial charge in [-0.3, -0.25) is 0 Å². The van der Waals surface area contributed by atoms with Crippen LogP contribution >= 0.6 is 15.9 Å². The lowest BCUT2D eigenvalue weighted by Gasteiger charge is -2.20. The van der Waals surface area contributed by atoms with Crippen LogP contribution in [0, 0.1) is 0 Å². The monoisotopic (exact) mass is 598 g/mol. The third kappa shape index (κ3) is 7.12. The molecule has 204 valence electrons. The summed E-state index contributed by atoms with van der Waals surface area (Å²) in [5.74, 6) is 2.23. The van der Waals surface area contributed by atoms with Crippen LogP contribution in [-0.2, 0) is 14.6 Å². The summed E-state index contributed by atoms with van der Waals surface area (Å²) in [6.45, 7) is 2.61. The minimum Gasteiger partial charge on any atom is -0.493 e. The van der Waals surface area contributed by atoms with Crippen molar-refractivity contribution in [3.8, 4) is 28.7 Å². The molecule has 0 unspecified atom stereocenters. The van der Waals surface area contributed by atoms with E-state index in [1.807, 2.05) is 37.3 Å². The van der Waals surface area contributed by atoms with E-state index in [4.69, 9.17) is 28.4 Å². The maximum atomic E-state index is 12.8. The van der Waals surface area contributed by atoms with Crippen molar-refractivity contribution in [3.63, 3.8) is 0 Å². The quantitative estimate of drug-likeness (QED) is 0.210. The highest BCUT2D eigenvalue weighted by Gasteiger charge is 2.32. The molecule has 0 bridgehead atoms. The van der Waals surface area contributed by atoms with Gasteiger partial charge in [-0.15, -0.1) is 0 Å². The third-order valence-electron chi connectivity index (χ3n) is 5.93. The Labute approximate surface area is 227 Å². The second kappa shape index (κ2) is 13.4. The number of rotatable bonds is 13. The SMILES string of the molecule is CCCOc1c(OCC=CCBr)cc([C@H]2CC[C@H](c3cc(OC)c(OC)c(OC)c3)O2)cc1S(C)(=O)=O. The number of ether oxygens (including phenoxy) is 6. The molecule has 0 spiro atoms. The molecule has 0 saturated carbocycles. The zero-order valence-corrected chi connectivity index (χ0v) is 24.3. The molecule has 1 aliphatic rings. The predicted octanol–water partition coefficient (Wildman–Crippen LogP) is 5.83. The lowest BCUT2D eigenvalue weighted by molar-refractivity contribution is 0.0435. The Bertz CT molecular complexity index is 1170. The first-order valence-electron chi connectivity index (χ1n) is 12.1. The van der Waals surface area contributed by atoms with Gasteiger partial charge in [-0.25, -0.2) is 8.42 Å². The lowest BCUT2D eigenvalue weighted by Crippen LogP contribution is -2.09. The van der Waals surface area contributed by atoms with Crippen LogP contribution < -0.4 is 23.7 Å². The highest BCUT2D eigenvalue weighted by molar-refractivity contribution is 9.09. The Kier molecular flexibility index (Phi) is 10.5. The van der Waals surface area contributed by atoms with Crippen molar-refractivity contribution in [1.82, 2.24) is 0 Å². The summed E-state index contributed by atoms with van der Waals surface area (Å²) < 4.78 is 60.2. The first kappa shape index (κ1) is 29.1. The van der Waals surface area contributed by atoms with Gasteiger partial charge in [0.05, 0.1) is 40.1 Å². The van der Waals surface area contributed by atoms with Crippen molar-refractivity contribution < 1.29 is 36.8 Å². The van der Waals surface area contributed by atoms with Crippen LogP contribution in [0.25, 0.3) is 0 Å². The molecule has 3 rings (SSSR count). The van der Waals surface area contributed by atoms with Gasteiger partial charge in [-0.05, 0) is 54.7 Å². The fourth-order valence-electron chi connectivity index (χ4n) is 4.20. The van der Waals surface area contributed by atoms with Gasteiger partial charge in [0.2, 0.25) is 5.75 Å². The Morgan fingerprint density at radius 3 is 2.00 bits per heavy atom. The van der Waals surface area contributed by atoms with Crippen molar-refractivity contribution >= 4 is 25.8 Å². The normalized spacial score (nSPS) is 17.7. The molecular weight excluding hydrogens is 564 g/mol. The highest BCUT2D eigenvalue weighted by Crippen LogP contribution is 2.48. The predicted molar refractivity (Wildman–Crippen MR) is 146 cm³/mol. The summed E-state index contributed by atoms with van der Waals surface area (Å²) in [4.78, 5) is 0.0951. The molecular formula is C27H35BrO8S. The summed E-state index contributed by atoms with van der Waals surface area (Å²) in [5.41, 5.74) is 1.61. The van der Waals surface area contributed by atoms with Gasteiger partial charge in [0, 0.05) is 11.6 Å². The average molecular weight is 600 g/mol. The maximum absolute atomic E-state index is 12.8. The second-order valence-corrected chi connectivity index (χ2v) is 11.2. The summed E-state index contributed by atoms with van der Waals surface area (Å²) in [6, 6.07) is 7.22. The fourth-order valence-corrected chi connectivity index (χ4v) is 5.31. The molecule has 2 aromatic carbocycles. The average Bonchev–Trinajstić information content (AvgIpc) is 3.38. The van der Waals surface area contributed by atoms with Crippen LogP contribution in [0.15, 0.2) is 41.3 Å². The molecule has 2 atom stereocenters. The topological polar surface area (TPSA) is 89.5 Å². The zero-order valence-electron chi connectivity index (χ0n) is 21.9. The minimum atomic E-state index is -3.60. The standard InChI is InChI=1S/C27H35BrO8S/c1-6-12-35-27-24(34-13-8-7-11-28)16-19(17-25(27)37(5,29)30)21-10-9-20(36-21)18-14-22(31-2)26(33-4)23(15-18)32-3/h7-8,14-17,20-21H,6,9-13H2,1-5H3/t20-,21-/m1/s1. The molecule has 0 N–H and O–H groups in total. The number of benzene rings is 2. The van der Waals surface area contributed by atoms with Crippen LogP contribution in [0.2, 0.25) is 0 Å². The summed E-state index contributed by atoms with van der Waals surface area (Å²) >= 11 is 3.34. The number of hydrogen-bond acceptors (Lipinski definition) is 8. The Morgan fingerprint density at radius 1 is 0.892 bits per heavy atom. The van der Waals surface area contributed by atoms with E-state index in [0.29, 0.717) is 41.4 Å². The summed E-state index contributed by atoms with van der Waals surface area (Å²) in [5, 5.41) is 0.697.